The van der Waals surface area contributed by atoms with Gasteiger partial charge in [-0.1, -0.05) is 64.4 Å². The molecule has 2 atom stereocenters. The van der Waals surface area contributed by atoms with E-state index in [1.807, 2.05) is 25.3 Å². The molecule has 0 saturated heterocycles. The average Bonchev–Trinajstić information content (AvgIpc) is 2.53. The van der Waals surface area contributed by atoms with Crippen LogP contribution in [0.4, 0.5) is 0 Å². The largest absolute Gasteiger partial charge is 0.507 e. The van der Waals surface area contributed by atoms with Crippen molar-refractivity contribution in [3.05, 3.63) is 58.7 Å². The van der Waals surface area contributed by atoms with Gasteiger partial charge in [0.2, 0.25) is 0 Å². The summed E-state index contributed by atoms with van der Waals surface area (Å²) in [5.41, 5.74) is 4.37. The van der Waals surface area contributed by atoms with Crippen LogP contribution in [0.25, 0.3) is 0 Å². The minimum absolute atomic E-state index is 0.0848. The van der Waals surface area contributed by atoms with Crippen molar-refractivity contribution in [2.24, 2.45) is 4.99 Å². The fraction of sp³-hybridized carbons (Fsp3) is 0.350. The predicted molar refractivity (Wildman–Crippen MR) is 103 cm³/mol. The number of aryl methyl sites for hydroxylation is 2. The van der Waals surface area contributed by atoms with Gasteiger partial charge in [0, 0.05) is 24.0 Å². The average molecular weight is 327 g/mol. The Morgan fingerprint density at radius 1 is 1.22 bits per heavy atom. The zero-order chi connectivity index (χ0) is 17.0. The molecule has 0 aliphatic heterocycles. The summed E-state index contributed by atoms with van der Waals surface area (Å²) in [5.74, 6) is 0.439. The van der Waals surface area contributed by atoms with Crippen molar-refractivity contribution in [2.45, 2.75) is 39.3 Å². The molecule has 0 radical (unpaired) electrons. The first-order valence-electron chi connectivity index (χ1n) is 8.01. The maximum Gasteiger partial charge on any atom is 0.122 e. The first-order chi connectivity index (χ1) is 10.9. The molecule has 2 aromatic carbocycles. The Morgan fingerprint density at radius 3 is 2.57 bits per heavy atom. The van der Waals surface area contributed by atoms with E-state index in [0.29, 0.717) is 14.3 Å². The van der Waals surface area contributed by atoms with Gasteiger partial charge in [0.15, 0.2) is 0 Å². The summed E-state index contributed by atoms with van der Waals surface area (Å²) in [4.78, 5) is 4.17. The Labute approximate surface area is 141 Å². The van der Waals surface area contributed by atoms with E-state index in [2.05, 4.69) is 50.0 Å². The van der Waals surface area contributed by atoms with Crippen LogP contribution in [0, 0.1) is 13.8 Å². The lowest BCUT2D eigenvalue weighted by molar-refractivity contribution is 0.452. The number of rotatable bonds is 5. The molecule has 0 spiro atoms. The fourth-order valence-corrected chi connectivity index (χ4v) is 4.45. The van der Waals surface area contributed by atoms with Gasteiger partial charge in [-0.05, 0) is 36.7 Å². The van der Waals surface area contributed by atoms with Crippen molar-refractivity contribution in [3.8, 4) is 5.75 Å². The van der Waals surface area contributed by atoms with Crippen molar-refractivity contribution in [1.82, 2.24) is 0 Å². The van der Waals surface area contributed by atoms with Crippen LogP contribution in [0.15, 0.2) is 41.4 Å². The van der Waals surface area contributed by atoms with Gasteiger partial charge in [0.1, 0.15) is 5.75 Å². The summed E-state index contributed by atoms with van der Waals surface area (Å²) in [7, 11) is 2.37. The molecule has 2 unspecified atom stereocenters. The van der Waals surface area contributed by atoms with Gasteiger partial charge >= 0.3 is 0 Å². The summed E-state index contributed by atoms with van der Waals surface area (Å²) in [6.07, 6.45) is 2.89. The molecule has 1 N–H and O–H groups in total. The normalized spacial score (nSPS) is 14.7. The maximum absolute atomic E-state index is 10.6. The SMILES string of the molecule is CCC(C)(Pc1ccccc1C=NC)c1cc(C)cc(C)c1O. The van der Waals surface area contributed by atoms with Crippen LogP contribution in [-0.4, -0.2) is 18.4 Å². The van der Waals surface area contributed by atoms with E-state index in [-0.39, 0.29) is 5.16 Å². The fourth-order valence-electron chi connectivity index (χ4n) is 2.89. The Hall–Kier alpha value is -1.66. The third-order valence-electron chi connectivity index (χ3n) is 4.39. The van der Waals surface area contributed by atoms with Crippen molar-refractivity contribution in [2.75, 3.05) is 7.05 Å². The van der Waals surface area contributed by atoms with E-state index in [1.54, 1.807) is 7.05 Å². The minimum atomic E-state index is -0.0848. The van der Waals surface area contributed by atoms with Gasteiger partial charge in [-0.25, -0.2) is 0 Å². The summed E-state index contributed by atoms with van der Waals surface area (Å²) in [6, 6.07) is 12.6. The van der Waals surface area contributed by atoms with Crippen molar-refractivity contribution >= 4 is 20.1 Å². The van der Waals surface area contributed by atoms with Crippen molar-refractivity contribution < 1.29 is 5.11 Å². The standard InChI is InChI=1S/C20H26NOP/c1-6-20(4,17-12-14(2)11-15(3)19(17)22)23-18-10-8-7-9-16(18)13-21-5/h7-13,22-23H,6H2,1-5H3. The van der Waals surface area contributed by atoms with Crippen molar-refractivity contribution in [1.29, 1.82) is 0 Å². The van der Waals surface area contributed by atoms with Crippen LogP contribution < -0.4 is 5.30 Å². The lowest BCUT2D eigenvalue weighted by Crippen LogP contribution is -2.20. The molecule has 122 valence electrons. The van der Waals surface area contributed by atoms with E-state index in [0.717, 1.165) is 23.1 Å². The second-order valence-corrected chi connectivity index (χ2v) is 8.16. The molecular formula is C20H26NOP. The topological polar surface area (TPSA) is 32.6 Å². The zero-order valence-corrected chi connectivity index (χ0v) is 15.6. The monoisotopic (exact) mass is 327 g/mol. The Balaban J connectivity index is 2.51. The second-order valence-electron chi connectivity index (χ2n) is 6.26. The van der Waals surface area contributed by atoms with Crippen LogP contribution in [0.2, 0.25) is 0 Å². The maximum atomic E-state index is 10.6. The highest BCUT2D eigenvalue weighted by Crippen LogP contribution is 2.48. The number of hydrogen-bond acceptors (Lipinski definition) is 2. The number of phenolic OH excluding ortho intramolecular Hbond substituents is 1. The zero-order valence-electron chi connectivity index (χ0n) is 14.6. The lowest BCUT2D eigenvalue weighted by atomic mass is 9.93. The summed E-state index contributed by atoms with van der Waals surface area (Å²) in [6.45, 7) is 8.51. The molecule has 0 aromatic heterocycles. The first-order valence-corrected chi connectivity index (χ1v) is 9.01. The van der Waals surface area contributed by atoms with Gasteiger partial charge in [-0.3, -0.25) is 4.99 Å². The third kappa shape index (κ3) is 3.82. The van der Waals surface area contributed by atoms with Gasteiger partial charge in [-0.15, -0.1) is 0 Å². The molecule has 2 rings (SSSR count). The van der Waals surface area contributed by atoms with E-state index in [1.165, 1.54) is 10.9 Å². The molecule has 0 saturated carbocycles. The van der Waals surface area contributed by atoms with E-state index in [9.17, 15) is 5.11 Å². The highest BCUT2D eigenvalue weighted by molar-refractivity contribution is 7.48. The number of benzene rings is 2. The molecule has 0 fully saturated rings. The molecule has 0 amide bonds. The third-order valence-corrected chi connectivity index (χ3v) is 6.29. The van der Waals surface area contributed by atoms with Crippen LogP contribution >= 0.6 is 8.58 Å². The lowest BCUT2D eigenvalue weighted by Gasteiger charge is -2.31. The minimum Gasteiger partial charge on any atom is -0.507 e. The van der Waals surface area contributed by atoms with Gasteiger partial charge in [0.25, 0.3) is 0 Å². The highest BCUT2D eigenvalue weighted by Gasteiger charge is 2.29. The van der Waals surface area contributed by atoms with Crippen LogP contribution in [-0.2, 0) is 5.16 Å². The number of nitrogens with zero attached hydrogens (tertiary/aromatic N) is 1. The molecule has 0 aliphatic carbocycles. The molecule has 2 aromatic rings. The van der Waals surface area contributed by atoms with Crippen molar-refractivity contribution in [3.63, 3.8) is 0 Å². The molecule has 23 heavy (non-hydrogen) atoms. The number of aromatic hydroxyl groups is 1. The predicted octanol–water partition coefficient (Wildman–Crippen LogP) is 4.69. The molecule has 0 aliphatic rings. The van der Waals surface area contributed by atoms with Gasteiger partial charge in [-0.2, -0.15) is 0 Å². The summed E-state index contributed by atoms with van der Waals surface area (Å²) >= 11 is 0. The molecular weight excluding hydrogens is 301 g/mol. The Morgan fingerprint density at radius 2 is 1.91 bits per heavy atom. The van der Waals surface area contributed by atoms with E-state index >= 15 is 0 Å². The van der Waals surface area contributed by atoms with Crippen LogP contribution in [0.3, 0.4) is 0 Å². The van der Waals surface area contributed by atoms with Gasteiger partial charge in [0.05, 0.1) is 0 Å². The first kappa shape index (κ1) is 17.7. The van der Waals surface area contributed by atoms with Crippen LogP contribution in [0.5, 0.6) is 5.75 Å². The molecule has 3 heteroatoms. The molecule has 0 bridgehead atoms. The molecule has 0 heterocycles. The van der Waals surface area contributed by atoms with E-state index < -0.39 is 0 Å². The quantitative estimate of drug-likeness (QED) is 0.627. The number of phenols is 1. The second kappa shape index (κ2) is 7.27. The van der Waals surface area contributed by atoms with E-state index in [4.69, 9.17) is 0 Å². The Bertz CT molecular complexity index is 724. The molecule has 2 nitrogen and oxygen atoms in total. The number of aliphatic imine (C=N–C) groups is 1. The summed E-state index contributed by atoms with van der Waals surface area (Å²) in [5, 5.41) is 11.8. The van der Waals surface area contributed by atoms with Crippen LogP contribution in [0.1, 0.15) is 42.5 Å². The summed E-state index contributed by atoms with van der Waals surface area (Å²) < 4.78 is 0. The highest BCUT2D eigenvalue weighted by atomic mass is 31.1. The Kier molecular flexibility index (Phi) is 5.59. The smallest absolute Gasteiger partial charge is 0.122 e. The number of hydrogen-bond donors (Lipinski definition) is 1. The van der Waals surface area contributed by atoms with Gasteiger partial charge < -0.3 is 5.11 Å².